The fourth-order valence-electron chi connectivity index (χ4n) is 5.81. The van der Waals surface area contributed by atoms with Gasteiger partial charge in [-0.3, -0.25) is 0 Å². The van der Waals surface area contributed by atoms with Gasteiger partial charge in [-0.2, -0.15) is 0 Å². The minimum absolute atomic E-state index is 0.460. The summed E-state index contributed by atoms with van der Waals surface area (Å²) in [6, 6.07) is 11.9. The van der Waals surface area contributed by atoms with E-state index in [0.717, 1.165) is 0 Å². The number of hydrogen-bond donors (Lipinski definition) is 0. The van der Waals surface area contributed by atoms with Crippen LogP contribution in [0.2, 0.25) is 0 Å². The van der Waals surface area contributed by atoms with Gasteiger partial charge < -0.3 is 9.47 Å². The van der Waals surface area contributed by atoms with Crippen LogP contribution in [-0.2, 0) is 7.05 Å². The van der Waals surface area contributed by atoms with E-state index in [4.69, 9.17) is 0 Å². The van der Waals surface area contributed by atoms with E-state index in [-0.39, 0.29) is 0 Å². The summed E-state index contributed by atoms with van der Waals surface area (Å²) in [5.41, 5.74) is 2.43. The molecule has 21 heavy (non-hydrogen) atoms. The number of hydrogen-bond acceptors (Lipinski definition) is 1. The van der Waals surface area contributed by atoms with E-state index in [1.165, 1.54) is 55.2 Å². The van der Waals surface area contributed by atoms with Crippen molar-refractivity contribution in [2.75, 3.05) is 4.90 Å². The van der Waals surface area contributed by atoms with Gasteiger partial charge in [0.05, 0.1) is 0 Å². The van der Waals surface area contributed by atoms with Gasteiger partial charge in [0.2, 0.25) is 0 Å². The topological polar surface area (TPSA) is 8.17 Å². The molecule has 6 aliphatic rings. The average Bonchev–Trinajstić information content (AvgIpc) is 2.86. The van der Waals surface area contributed by atoms with Crippen molar-refractivity contribution in [2.24, 2.45) is 12.5 Å². The fourth-order valence-corrected chi connectivity index (χ4v) is 5.81. The van der Waals surface area contributed by atoms with Crippen LogP contribution < -0.4 is 4.90 Å². The second kappa shape index (κ2) is 3.66. The molecule has 2 heteroatoms. The van der Waals surface area contributed by atoms with Gasteiger partial charge in [-0.1, -0.05) is 18.2 Å². The number of aromatic nitrogens is 1. The highest BCUT2D eigenvalue weighted by Gasteiger charge is 2.62. The summed E-state index contributed by atoms with van der Waals surface area (Å²) in [5.74, 6) is 1.45. The van der Waals surface area contributed by atoms with E-state index in [1.54, 1.807) is 0 Å². The predicted molar refractivity (Wildman–Crippen MR) is 87.7 cm³/mol. The van der Waals surface area contributed by atoms with Gasteiger partial charge in [-0.05, 0) is 63.0 Å². The summed E-state index contributed by atoms with van der Waals surface area (Å²) < 4.78 is 2.42. The molecule has 1 unspecified atom stereocenters. The van der Waals surface area contributed by atoms with Crippen LogP contribution in [0.25, 0.3) is 10.9 Å². The Morgan fingerprint density at radius 1 is 1.00 bits per heavy atom. The number of anilines is 1. The monoisotopic (exact) mass is 280 g/mol. The van der Waals surface area contributed by atoms with Gasteiger partial charge in [-0.15, -0.1) is 0 Å². The number of aryl methyl sites for hydroxylation is 1. The van der Waals surface area contributed by atoms with Crippen LogP contribution in [-0.4, -0.2) is 16.1 Å². The first-order chi connectivity index (χ1) is 10.2. The second-order valence-corrected chi connectivity index (χ2v) is 7.75. The summed E-state index contributed by atoms with van der Waals surface area (Å²) in [4.78, 5) is 2.82. The first-order valence-electron chi connectivity index (χ1n) is 8.49. The van der Waals surface area contributed by atoms with Crippen LogP contribution >= 0.6 is 0 Å². The molecular formula is C19H24N2. The molecule has 0 spiro atoms. The molecule has 4 heterocycles. The van der Waals surface area contributed by atoms with Crippen molar-refractivity contribution < 1.29 is 0 Å². The van der Waals surface area contributed by atoms with Gasteiger partial charge >= 0.3 is 0 Å². The predicted octanol–water partition coefficient (Wildman–Crippen LogP) is 4.48. The average molecular weight is 280 g/mol. The lowest BCUT2D eigenvalue weighted by molar-refractivity contribution is -0.0456. The van der Waals surface area contributed by atoms with Crippen molar-refractivity contribution in [1.29, 1.82) is 0 Å². The molecule has 3 aliphatic heterocycles. The van der Waals surface area contributed by atoms with Crippen LogP contribution in [0.15, 0.2) is 30.3 Å². The molecule has 1 aromatic heterocycles. The van der Waals surface area contributed by atoms with Crippen LogP contribution in [0.3, 0.4) is 0 Å². The Kier molecular flexibility index (Phi) is 2.11. The van der Waals surface area contributed by atoms with Crippen molar-refractivity contribution in [1.82, 2.24) is 4.57 Å². The molecule has 110 valence electrons. The minimum atomic E-state index is 0.460. The third kappa shape index (κ3) is 1.30. The number of piperidine rings is 3. The zero-order chi connectivity index (χ0) is 14.2. The van der Waals surface area contributed by atoms with Crippen molar-refractivity contribution in [3.8, 4) is 0 Å². The van der Waals surface area contributed by atoms with Crippen LogP contribution in [0.5, 0.6) is 0 Å². The van der Waals surface area contributed by atoms with E-state index >= 15 is 0 Å². The van der Waals surface area contributed by atoms with E-state index < -0.39 is 0 Å². The summed E-state index contributed by atoms with van der Waals surface area (Å²) in [7, 11) is 2.24. The smallest absolute Gasteiger partial charge is 0.110 e. The van der Waals surface area contributed by atoms with Gasteiger partial charge in [0.15, 0.2) is 0 Å². The highest BCUT2D eigenvalue weighted by molar-refractivity contribution is 5.85. The number of para-hydroxylation sites is 1. The lowest BCUT2D eigenvalue weighted by Gasteiger charge is -2.70. The standard InChI is InChI=1S/C19H24N2/c1-14-18-7-10-19(11-8-18,12-9-18)21(14)17-13-15-5-3-4-6-16(15)20(17)2/h3-6,13-14H,7-12H2,1-2H3. The molecule has 3 saturated carbocycles. The van der Waals surface area contributed by atoms with Crippen molar-refractivity contribution in [3.63, 3.8) is 0 Å². The third-order valence-corrected chi connectivity index (χ3v) is 7.22. The number of rotatable bonds is 1. The Balaban J connectivity index is 1.71. The normalized spacial score (nSPS) is 37.6. The van der Waals surface area contributed by atoms with Crippen LogP contribution in [0.1, 0.15) is 45.4 Å². The molecule has 2 bridgehead atoms. The lowest BCUT2D eigenvalue weighted by Crippen LogP contribution is -2.71. The highest BCUT2D eigenvalue weighted by Crippen LogP contribution is 2.64. The Hall–Kier alpha value is -1.44. The largest absolute Gasteiger partial charge is 0.349 e. The molecule has 2 aromatic rings. The first kappa shape index (κ1) is 12.1. The number of nitrogens with zero attached hydrogens (tertiary/aromatic N) is 2. The maximum Gasteiger partial charge on any atom is 0.110 e. The van der Waals surface area contributed by atoms with Gasteiger partial charge in [-0.25, -0.2) is 0 Å². The Bertz CT molecular complexity index is 702. The van der Waals surface area contributed by atoms with E-state index in [9.17, 15) is 0 Å². The third-order valence-electron chi connectivity index (χ3n) is 7.22. The van der Waals surface area contributed by atoms with Gasteiger partial charge in [0, 0.05) is 29.5 Å². The van der Waals surface area contributed by atoms with E-state index in [2.05, 4.69) is 53.8 Å². The second-order valence-electron chi connectivity index (χ2n) is 7.75. The molecular weight excluding hydrogens is 256 g/mol. The number of benzene rings is 1. The molecule has 2 nitrogen and oxygen atoms in total. The molecule has 1 aromatic carbocycles. The molecule has 8 rings (SSSR count). The Morgan fingerprint density at radius 3 is 2.29 bits per heavy atom. The number of fused-ring (bicyclic) bond motifs is 1. The summed E-state index contributed by atoms with van der Waals surface area (Å²) in [6.07, 6.45) is 8.65. The maximum absolute atomic E-state index is 2.82. The first-order valence-corrected chi connectivity index (χ1v) is 8.49. The molecule has 6 fully saturated rings. The summed E-state index contributed by atoms with van der Waals surface area (Å²) in [6.45, 7) is 2.49. The van der Waals surface area contributed by atoms with Crippen LogP contribution in [0, 0.1) is 5.41 Å². The molecule has 1 atom stereocenters. The van der Waals surface area contributed by atoms with Gasteiger partial charge in [0.25, 0.3) is 0 Å². The molecule has 0 radical (unpaired) electrons. The fraction of sp³-hybridized carbons (Fsp3) is 0.579. The molecule has 0 amide bonds. The van der Waals surface area contributed by atoms with Gasteiger partial charge in [0.1, 0.15) is 5.82 Å². The van der Waals surface area contributed by atoms with Crippen LogP contribution in [0.4, 0.5) is 5.82 Å². The minimum Gasteiger partial charge on any atom is -0.349 e. The Morgan fingerprint density at radius 2 is 1.67 bits per heavy atom. The maximum atomic E-state index is 2.82. The lowest BCUT2D eigenvalue weighted by atomic mass is 9.49. The zero-order valence-electron chi connectivity index (χ0n) is 13.1. The molecule has 3 aliphatic carbocycles. The SMILES string of the molecule is CC1N(c2cc3ccccc3n2C)C23CCC1(CC2)CC3. The summed E-state index contributed by atoms with van der Waals surface area (Å²) >= 11 is 0. The summed E-state index contributed by atoms with van der Waals surface area (Å²) in [5, 5.41) is 1.38. The van der Waals surface area contributed by atoms with E-state index in [0.29, 0.717) is 17.0 Å². The van der Waals surface area contributed by atoms with Crippen molar-refractivity contribution in [3.05, 3.63) is 30.3 Å². The molecule has 0 N–H and O–H groups in total. The quantitative estimate of drug-likeness (QED) is 0.747. The zero-order valence-corrected chi connectivity index (χ0v) is 13.1. The van der Waals surface area contributed by atoms with Crippen molar-refractivity contribution in [2.45, 2.75) is 57.0 Å². The van der Waals surface area contributed by atoms with E-state index in [1.807, 2.05) is 0 Å². The molecule has 3 saturated heterocycles. The highest BCUT2D eigenvalue weighted by atomic mass is 15.3. The van der Waals surface area contributed by atoms with Crippen molar-refractivity contribution >= 4 is 16.7 Å². The Labute approximate surface area is 126 Å².